The number of anilines is 2. The third-order valence-corrected chi connectivity index (χ3v) is 7.91. The van der Waals surface area contributed by atoms with Gasteiger partial charge in [-0.3, -0.25) is 14.3 Å². The Kier molecular flexibility index (Phi) is 6.46. The van der Waals surface area contributed by atoms with Crippen LogP contribution in [0.4, 0.5) is 11.5 Å². The molecular formula is C29H32N10O2. The van der Waals surface area contributed by atoms with Crippen LogP contribution in [0.1, 0.15) is 23.4 Å². The Morgan fingerprint density at radius 1 is 0.902 bits per heavy atom. The number of hydrogen-bond donors (Lipinski definition) is 0. The smallest absolute Gasteiger partial charge is 0.290 e. The highest BCUT2D eigenvalue weighted by Crippen LogP contribution is 2.29. The van der Waals surface area contributed by atoms with E-state index >= 15 is 0 Å². The highest BCUT2D eigenvalue weighted by Gasteiger charge is 2.29. The van der Waals surface area contributed by atoms with Crippen LogP contribution in [0.3, 0.4) is 0 Å². The second-order valence-corrected chi connectivity index (χ2v) is 10.3. The lowest BCUT2D eigenvalue weighted by molar-refractivity contribution is 0.0731. The zero-order valence-electron chi connectivity index (χ0n) is 23.3. The highest BCUT2D eigenvalue weighted by molar-refractivity contribution is 5.96. The summed E-state index contributed by atoms with van der Waals surface area (Å²) in [4.78, 5) is 44.1. The molecule has 0 atom stereocenters. The Bertz CT molecular complexity index is 1720. The van der Waals surface area contributed by atoms with Gasteiger partial charge in [-0.2, -0.15) is 9.97 Å². The van der Waals surface area contributed by atoms with Crippen molar-refractivity contribution in [3.63, 3.8) is 0 Å². The third-order valence-electron chi connectivity index (χ3n) is 7.91. The van der Waals surface area contributed by atoms with Gasteiger partial charge in [0, 0.05) is 58.9 Å². The number of rotatable bonds is 5. The van der Waals surface area contributed by atoms with Gasteiger partial charge in [-0.1, -0.05) is 19.1 Å². The maximum absolute atomic E-state index is 13.8. The second kappa shape index (κ2) is 10.4. The molecule has 2 saturated heterocycles. The van der Waals surface area contributed by atoms with Gasteiger partial charge in [0.25, 0.3) is 5.91 Å². The minimum absolute atomic E-state index is 0.104. The fraction of sp³-hybridized carbons (Fsp3) is 0.379. The van der Waals surface area contributed by atoms with Crippen molar-refractivity contribution < 1.29 is 9.53 Å². The van der Waals surface area contributed by atoms with E-state index in [9.17, 15) is 4.79 Å². The average molecular weight is 553 g/mol. The Morgan fingerprint density at radius 2 is 1.71 bits per heavy atom. The number of aryl methyl sites for hydroxylation is 2. The van der Waals surface area contributed by atoms with E-state index in [0.717, 1.165) is 42.1 Å². The van der Waals surface area contributed by atoms with Crippen molar-refractivity contribution in [2.45, 2.75) is 13.3 Å². The van der Waals surface area contributed by atoms with Crippen LogP contribution < -0.4 is 9.80 Å². The van der Waals surface area contributed by atoms with Crippen LogP contribution in [-0.4, -0.2) is 97.3 Å². The number of carbonyl (C=O) groups is 1. The van der Waals surface area contributed by atoms with Gasteiger partial charge in [0.1, 0.15) is 5.82 Å². The van der Waals surface area contributed by atoms with Gasteiger partial charge in [-0.25, -0.2) is 9.97 Å². The molecule has 0 aliphatic carbocycles. The molecule has 0 saturated carbocycles. The summed E-state index contributed by atoms with van der Waals surface area (Å²) in [6.45, 7) is 7.34. The molecule has 0 radical (unpaired) electrons. The average Bonchev–Trinajstić information content (AvgIpc) is 3.58. The summed E-state index contributed by atoms with van der Waals surface area (Å²) in [7, 11) is 1.86. The number of fused-ring (bicyclic) bond motifs is 2. The maximum Gasteiger partial charge on any atom is 0.290 e. The van der Waals surface area contributed by atoms with Crippen LogP contribution in [0.15, 0.2) is 48.8 Å². The number of amides is 1. The molecule has 12 nitrogen and oxygen atoms in total. The van der Waals surface area contributed by atoms with E-state index < -0.39 is 0 Å². The lowest BCUT2D eigenvalue weighted by Gasteiger charge is -2.35. The van der Waals surface area contributed by atoms with Crippen molar-refractivity contribution in [2.75, 3.05) is 62.3 Å². The van der Waals surface area contributed by atoms with Crippen molar-refractivity contribution in [3.05, 3.63) is 60.4 Å². The van der Waals surface area contributed by atoms with Crippen molar-refractivity contribution in [2.24, 2.45) is 7.05 Å². The molecule has 2 fully saturated rings. The molecular weight excluding hydrogens is 520 g/mol. The van der Waals surface area contributed by atoms with E-state index in [0.29, 0.717) is 68.1 Å². The van der Waals surface area contributed by atoms with E-state index in [-0.39, 0.29) is 5.91 Å². The molecule has 0 bridgehead atoms. The molecule has 1 amide bonds. The zero-order chi connectivity index (χ0) is 27.9. The Morgan fingerprint density at radius 3 is 2.46 bits per heavy atom. The number of pyridine rings is 1. The summed E-state index contributed by atoms with van der Waals surface area (Å²) in [5, 5.41) is 0. The molecule has 41 heavy (non-hydrogen) atoms. The summed E-state index contributed by atoms with van der Waals surface area (Å²) in [5.41, 5.74) is 4.15. The first-order valence-corrected chi connectivity index (χ1v) is 14.1. The molecule has 2 aliphatic rings. The second-order valence-electron chi connectivity index (χ2n) is 10.3. The molecule has 12 heteroatoms. The number of ether oxygens (including phenoxy) is 1. The number of para-hydroxylation sites is 2. The first-order chi connectivity index (χ1) is 20.1. The number of piperazine rings is 1. The van der Waals surface area contributed by atoms with Crippen LogP contribution in [0, 0.1) is 0 Å². The summed E-state index contributed by atoms with van der Waals surface area (Å²) in [5.74, 6) is 2.37. The lowest BCUT2D eigenvalue weighted by atomic mass is 10.2. The predicted molar refractivity (Wildman–Crippen MR) is 156 cm³/mol. The number of benzene rings is 1. The van der Waals surface area contributed by atoms with Gasteiger partial charge in [0.15, 0.2) is 17.0 Å². The van der Waals surface area contributed by atoms with Gasteiger partial charge < -0.3 is 24.0 Å². The van der Waals surface area contributed by atoms with E-state index in [2.05, 4.69) is 21.7 Å². The van der Waals surface area contributed by atoms with Crippen LogP contribution in [0.25, 0.3) is 28.1 Å². The molecule has 2 aliphatic heterocycles. The van der Waals surface area contributed by atoms with Gasteiger partial charge >= 0.3 is 0 Å². The maximum atomic E-state index is 13.8. The van der Waals surface area contributed by atoms with Crippen molar-refractivity contribution >= 4 is 39.6 Å². The fourth-order valence-corrected chi connectivity index (χ4v) is 5.71. The molecule has 0 unspecified atom stereocenters. The summed E-state index contributed by atoms with van der Waals surface area (Å²) in [6, 6.07) is 12.0. The van der Waals surface area contributed by atoms with Gasteiger partial charge in [-0.15, -0.1) is 0 Å². The third kappa shape index (κ3) is 4.44. The SMILES string of the molecule is CCc1nc2ccccc2n1-c1nc(N2CCOCC2)c2nc(C(=O)N3CCN(c4cccnc4)CC3)n(C)c2n1. The van der Waals surface area contributed by atoms with Crippen molar-refractivity contribution in [1.82, 2.24) is 39.0 Å². The number of carbonyl (C=O) groups excluding carboxylic acids is 1. The predicted octanol–water partition coefficient (Wildman–Crippen LogP) is 2.46. The molecule has 4 aromatic heterocycles. The lowest BCUT2D eigenvalue weighted by Crippen LogP contribution is -2.49. The zero-order valence-corrected chi connectivity index (χ0v) is 23.3. The van der Waals surface area contributed by atoms with Crippen LogP contribution in [-0.2, 0) is 18.2 Å². The van der Waals surface area contributed by atoms with Crippen LogP contribution in [0.5, 0.6) is 0 Å². The molecule has 7 rings (SSSR count). The molecule has 1 aromatic carbocycles. The number of imidazole rings is 2. The number of nitrogens with zero attached hydrogens (tertiary/aromatic N) is 10. The number of hydrogen-bond acceptors (Lipinski definition) is 9. The highest BCUT2D eigenvalue weighted by atomic mass is 16.5. The largest absolute Gasteiger partial charge is 0.378 e. The number of aromatic nitrogens is 7. The molecule has 0 spiro atoms. The number of morpholine rings is 1. The van der Waals surface area contributed by atoms with E-state index in [4.69, 9.17) is 24.7 Å². The van der Waals surface area contributed by atoms with E-state index in [1.54, 1.807) is 6.20 Å². The summed E-state index contributed by atoms with van der Waals surface area (Å²) >= 11 is 0. The Labute approximate surface area is 237 Å². The van der Waals surface area contributed by atoms with Gasteiger partial charge in [-0.05, 0) is 24.3 Å². The fourth-order valence-electron chi connectivity index (χ4n) is 5.71. The molecule has 210 valence electrons. The summed E-state index contributed by atoms with van der Waals surface area (Å²) < 4.78 is 9.45. The van der Waals surface area contributed by atoms with E-state index in [1.165, 1.54) is 0 Å². The van der Waals surface area contributed by atoms with Crippen molar-refractivity contribution in [3.8, 4) is 5.95 Å². The molecule has 5 aromatic rings. The van der Waals surface area contributed by atoms with Gasteiger partial charge in [0.2, 0.25) is 11.8 Å². The monoisotopic (exact) mass is 552 g/mol. The first-order valence-electron chi connectivity index (χ1n) is 14.1. The van der Waals surface area contributed by atoms with Crippen LogP contribution >= 0.6 is 0 Å². The summed E-state index contributed by atoms with van der Waals surface area (Å²) in [6.07, 6.45) is 4.36. The topological polar surface area (TPSA) is 110 Å². The quantitative estimate of drug-likeness (QED) is 0.325. The van der Waals surface area contributed by atoms with E-state index in [1.807, 2.05) is 63.7 Å². The Hall–Kier alpha value is -4.58. The van der Waals surface area contributed by atoms with Gasteiger partial charge in [0.05, 0.1) is 36.1 Å². The normalized spacial score (nSPS) is 16.2. The van der Waals surface area contributed by atoms with Crippen molar-refractivity contribution in [1.29, 1.82) is 0 Å². The van der Waals surface area contributed by atoms with Crippen LogP contribution in [0.2, 0.25) is 0 Å². The standard InChI is InChI=1S/C29H32N10O2/c1-3-23-31-21-8-4-5-9-22(21)39(23)29-33-25-24(26(34-29)37-15-17-41-18-16-37)32-27(35(25)2)28(40)38-13-11-36(12-14-38)20-7-6-10-30-19-20/h4-10,19H,3,11-18H2,1-2H3. The first kappa shape index (κ1) is 25.4. The minimum atomic E-state index is -0.104. The minimum Gasteiger partial charge on any atom is -0.378 e. The Balaban J connectivity index is 1.29. The molecule has 6 heterocycles. The molecule has 0 N–H and O–H groups in total.